The first-order valence-corrected chi connectivity index (χ1v) is 7.38. The third kappa shape index (κ3) is 3.37. The van der Waals surface area contributed by atoms with Gasteiger partial charge in [0, 0.05) is 13.1 Å². The van der Waals surface area contributed by atoms with Crippen LogP contribution in [0.15, 0.2) is 36.4 Å². The lowest BCUT2D eigenvalue weighted by molar-refractivity contribution is 0.171. The Balaban J connectivity index is 1.60. The predicted octanol–water partition coefficient (Wildman–Crippen LogP) is 3.36. The lowest BCUT2D eigenvalue weighted by atomic mass is 10.1. The minimum absolute atomic E-state index is 0.631. The second-order valence-corrected chi connectivity index (χ2v) is 5.51. The van der Waals surface area contributed by atoms with Gasteiger partial charge in [0.1, 0.15) is 13.2 Å². The van der Waals surface area contributed by atoms with Gasteiger partial charge in [0.25, 0.3) is 0 Å². The fourth-order valence-corrected chi connectivity index (χ4v) is 2.58. The molecule has 0 saturated carbocycles. The van der Waals surface area contributed by atoms with Crippen molar-refractivity contribution >= 4 is 0 Å². The maximum absolute atomic E-state index is 5.61. The van der Waals surface area contributed by atoms with Crippen LogP contribution in [-0.2, 0) is 13.1 Å². The minimum Gasteiger partial charge on any atom is -0.486 e. The summed E-state index contributed by atoms with van der Waals surface area (Å²) in [7, 11) is 0. The van der Waals surface area contributed by atoms with Crippen molar-refractivity contribution < 1.29 is 9.47 Å². The molecule has 0 aromatic heterocycles. The average Bonchev–Trinajstić information content (AvgIpc) is 2.49. The molecule has 2 aromatic carbocycles. The van der Waals surface area contributed by atoms with E-state index in [9.17, 15) is 0 Å². The van der Waals surface area contributed by atoms with Crippen LogP contribution in [0.5, 0.6) is 11.5 Å². The van der Waals surface area contributed by atoms with Crippen molar-refractivity contribution in [2.45, 2.75) is 26.9 Å². The second kappa shape index (κ2) is 6.19. The Bertz CT molecular complexity index is 637. The summed E-state index contributed by atoms with van der Waals surface area (Å²) in [6.07, 6.45) is 0. The Hall–Kier alpha value is -2.00. The van der Waals surface area contributed by atoms with E-state index < -0.39 is 0 Å². The predicted molar refractivity (Wildman–Crippen MR) is 83.9 cm³/mol. The van der Waals surface area contributed by atoms with Crippen molar-refractivity contribution in [3.63, 3.8) is 0 Å². The van der Waals surface area contributed by atoms with E-state index >= 15 is 0 Å². The molecule has 0 amide bonds. The zero-order chi connectivity index (χ0) is 14.7. The van der Waals surface area contributed by atoms with Crippen LogP contribution in [0, 0.1) is 13.8 Å². The van der Waals surface area contributed by atoms with Crippen molar-refractivity contribution in [2.75, 3.05) is 13.2 Å². The van der Waals surface area contributed by atoms with E-state index in [4.69, 9.17) is 9.47 Å². The highest BCUT2D eigenvalue weighted by molar-refractivity contribution is 5.43. The molecule has 1 N–H and O–H groups in total. The highest BCUT2D eigenvalue weighted by Crippen LogP contribution is 2.30. The number of nitrogens with one attached hydrogen (secondary N) is 1. The molecule has 0 radical (unpaired) electrons. The van der Waals surface area contributed by atoms with Gasteiger partial charge in [0.2, 0.25) is 0 Å². The average molecular weight is 283 g/mol. The molecule has 3 heteroatoms. The molecule has 0 aliphatic carbocycles. The highest BCUT2D eigenvalue weighted by Gasteiger charge is 2.11. The fraction of sp³-hybridized carbons (Fsp3) is 0.333. The molecule has 0 spiro atoms. The van der Waals surface area contributed by atoms with E-state index in [1.165, 1.54) is 22.3 Å². The number of aryl methyl sites for hydroxylation is 2. The zero-order valence-electron chi connectivity index (χ0n) is 12.6. The zero-order valence-corrected chi connectivity index (χ0v) is 12.6. The van der Waals surface area contributed by atoms with E-state index in [1.807, 2.05) is 6.07 Å². The molecule has 0 atom stereocenters. The number of fused-ring (bicyclic) bond motifs is 1. The number of rotatable bonds is 4. The van der Waals surface area contributed by atoms with E-state index in [1.54, 1.807) is 0 Å². The molecule has 3 rings (SSSR count). The van der Waals surface area contributed by atoms with Crippen LogP contribution in [0.25, 0.3) is 0 Å². The standard InChI is InChI=1S/C18H21NO2/c1-13-3-5-16(14(2)9-13)12-19-11-15-4-6-17-18(10-15)21-8-7-20-17/h3-6,9-10,19H,7-8,11-12H2,1-2H3. The lowest BCUT2D eigenvalue weighted by Crippen LogP contribution is -2.17. The van der Waals surface area contributed by atoms with E-state index in [2.05, 4.69) is 49.5 Å². The summed E-state index contributed by atoms with van der Waals surface area (Å²) in [6.45, 7) is 7.25. The number of hydrogen-bond acceptors (Lipinski definition) is 3. The Morgan fingerprint density at radius 3 is 2.52 bits per heavy atom. The van der Waals surface area contributed by atoms with Crippen LogP contribution in [0.4, 0.5) is 0 Å². The van der Waals surface area contributed by atoms with Crippen LogP contribution in [-0.4, -0.2) is 13.2 Å². The maximum Gasteiger partial charge on any atom is 0.161 e. The topological polar surface area (TPSA) is 30.5 Å². The van der Waals surface area contributed by atoms with Crippen LogP contribution >= 0.6 is 0 Å². The molecule has 3 nitrogen and oxygen atoms in total. The summed E-state index contributed by atoms with van der Waals surface area (Å²) in [5, 5.41) is 3.49. The molecule has 1 aliphatic heterocycles. The van der Waals surface area contributed by atoms with Crippen LogP contribution in [0.1, 0.15) is 22.3 Å². The molecular weight excluding hydrogens is 262 g/mol. The largest absolute Gasteiger partial charge is 0.486 e. The summed E-state index contributed by atoms with van der Waals surface area (Å²) < 4.78 is 11.1. The summed E-state index contributed by atoms with van der Waals surface area (Å²) >= 11 is 0. The summed E-state index contributed by atoms with van der Waals surface area (Å²) in [6, 6.07) is 12.7. The Morgan fingerprint density at radius 2 is 1.71 bits per heavy atom. The van der Waals surface area contributed by atoms with Gasteiger partial charge < -0.3 is 14.8 Å². The van der Waals surface area contributed by atoms with Crippen LogP contribution in [0.2, 0.25) is 0 Å². The van der Waals surface area contributed by atoms with Gasteiger partial charge in [0.15, 0.2) is 11.5 Å². The summed E-state index contributed by atoms with van der Waals surface area (Å²) in [4.78, 5) is 0. The van der Waals surface area contributed by atoms with Gasteiger partial charge in [-0.3, -0.25) is 0 Å². The van der Waals surface area contributed by atoms with Crippen molar-refractivity contribution in [1.82, 2.24) is 5.32 Å². The minimum atomic E-state index is 0.631. The van der Waals surface area contributed by atoms with E-state index in [0.717, 1.165) is 24.6 Å². The summed E-state index contributed by atoms with van der Waals surface area (Å²) in [5.41, 5.74) is 5.20. The van der Waals surface area contributed by atoms with Crippen molar-refractivity contribution in [3.05, 3.63) is 58.7 Å². The molecule has 0 fully saturated rings. The highest BCUT2D eigenvalue weighted by atomic mass is 16.6. The van der Waals surface area contributed by atoms with Gasteiger partial charge in [-0.2, -0.15) is 0 Å². The fourth-order valence-electron chi connectivity index (χ4n) is 2.58. The van der Waals surface area contributed by atoms with Crippen molar-refractivity contribution in [3.8, 4) is 11.5 Å². The number of benzene rings is 2. The third-order valence-corrected chi connectivity index (χ3v) is 3.75. The quantitative estimate of drug-likeness (QED) is 0.933. The second-order valence-electron chi connectivity index (χ2n) is 5.51. The first kappa shape index (κ1) is 14.0. The molecule has 1 aliphatic rings. The SMILES string of the molecule is Cc1ccc(CNCc2ccc3c(c2)OCCO3)c(C)c1. The number of ether oxygens (including phenoxy) is 2. The van der Waals surface area contributed by atoms with Crippen molar-refractivity contribution in [1.29, 1.82) is 0 Å². The van der Waals surface area contributed by atoms with Crippen LogP contribution < -0.4 is 14.8 Å². The van der Waals surface area contributed by atoms with Gasteiger partial charge in [-0.1, -0.05) is 29.8 Å². The molecule has 110 valence electrons. The van der Waals surface area contributed by atoms with Gasteiger partial charge >= 0.3 is 0 Å². The summed E-state index contributed by atoms with van der Waals surface area (Å²) in [5.74, 6) is 1.70. The Labute approximate surface area is 125 Å². The molecule has 21 heavy (non-hydrogen) atoms. The Kier molecular flexibility index (Phi) is 4.11. The molecule has 0 bridgehead atoms. The Morgan fingerprint density at radius 1 is 0.905 bits per heavy atom. The van der Waals surface area contributed by atoms with E-state index in [-0.39, 0.29) is 0 Å². The lowest BCUT2D eigenvalue weighted by Gasteiger charge is -2.19. The normalized spacial score (nSPS) is 13.2. The first-order valence-electron chi connectivity index (χ1n) is 7.38. The monoisotopic (exact) mass is 283 g/mol. The van der Waals surface area contributed by atoms with Crippen molar-refractivity contribution in [2.24, 2.45) is 0 Å². The molecule has 0 saturated heterocycles. The van der Waals surface area contributed by atoms with Gasteiger partial charge in [-0.25, -0.2) is 0 Å². The molecule has 0 unspecified atom stereocenters. The van der Waals surface area contributed by atoms with Gasteiger partial charge in [0.05, 0.1) is 0 Å². The maximum atomic E-state index is 5.61. The van der Waals surface area contributed by atoms with E-state index in [0.29, 0.717) is 13.2 Å². The molecular formula is C18H21NO2. The van der Waals surface area contributed by atoms with Gasteiger partial charge in [-0.15, -0.1) is 0 Å². The van der Waals surface area contributed by atoms with Crippen LogP contribution in [0.3, 0.4) is 0 Å². The molecule has 1 heterocycles. The smallest absolute Gasteiger partial charge is 0.161 e. The third-order valence-electron chi connectivity index (χ3n) is 3.75. The first-order chi connectivity index (χ1) is 10.2. The number of hydrogen-bond donors (Lipinski definition) is 1. The molecule has 2 aromatic rings. The van der Waals surface area contributed by atoms with Gasteiger partial charge in [-0.05, 0) is 42.7 Å².